The van der Waals surface area contributed by atoms with E-state index < -0.39 is 12.7 Å². The van der Waals surface area contributed by atoms with Crippen molar-refractivity contribution in [1.82, 2.24) is 14.4 Å². The van der Waals surface area contributed by atoms with Gasteiger partial charge in [-0.2, -0.15) is 14.0 Å². The number of aromatic nitrogens is 3. The van der Waals surface area contributed by atoms with Crippen molar-refractivity contribution in [2.24, 2.45) is 0 Å². The van der Waals surface area contributed by atoms with Crippen molar-refractivity contribution < 1.29 is 18.3 Å². The van der Waals surface area contributed by atoms with E-state index in [-0.39, 0.29) is 18.3 Å². The average Bonchev–Trinajstić information content (AvgIpc) is 3.18. The van der Waals surface area contributed by atoms with Gasteiger partial charge in [-0.3, -0.25) is 9.38 Å². The van der Waals surface area contributed by atoms with Gasteiger partial charge in [0.1, 0.15) is 18.5 Å². The van der Waals surface area contributed by atoms with Crippen molar-refractivity contribution in [3.63, 3.8) is 0 Å². The second kappa shape index (κ2) is 7.34. The summed E-state index contributed by atoms with van der Waals surface area (Å²) in [5.74, 6) is -0.292. The number of halogens is 3. The standard InChI is InChI=1S/C19H15ClF2N4O2/c1-10-9-26-16(8-24-10)25-17-15(27-5-4-23)7-13(18(17)26)12-6-11(20)2-3-14(12)28-19(21)22/h2-3,6,8-9,13,15,19H,5,7H2,1H3/t13-,15-/m0/s1. The van der Waals surface area contributed by atoms with Crippen molar-refractivity contribution >= 4 is 17.2 Å². The van der Waals surface area contributed by atoms with Crippen LogP contribution < -0.4 is 4.74 Å². The largest absolute Gasteiger partial charge is 0.435 e. The normalized spacial score (nSPS) is 18.4. The van der Waals surface area contributed by atoms with Crippen LogP contribution in [0.3, 0.4) is 0 Å². The zero-order valence-electron chi connectivity index (χ0n) is 14.8. The highest BCUT2D eigenvalue weighted by atomic mass is 35.5. The summed E-state index contributed by atoms with van der Waals surface area (Å²) in [6.07, 6.45) is 3.46. The Hall–Kier alpha value is -2.76. The zero-order valence-corrected chi connectivity index (χ0v) is 15.5. The Balaban J connectivity index is 1.88. The maximum Gasteiger partial charge on any atom is 0.387 e. The van der Waals surface area contributed by atoms with Crippen LogP contribution in [0.2, 0.25) is 5.02 Å². The molecule has 9 heteroatoms. The topological polar surface area (TPSA) is 72.4 Å². The fourth-order valence-electron chi connectivity index (χ4n) is 3.66. The van der Waals surface area contributed by atoms with Crippen molar-refractivity contribution in [1.29, 1.82) is 5.26 Å². The molecule has 2 heterocycles. The number of ether oxygens (including phenoxy) is 2. The number of imidazole rings is 1. The zero-order chi connectivity index (χ0) is 19.8. The molecule has 2 aromatic heterocycles. The molecule has 0 radical (unpaired) electrons. The van der Waals surface area contributed by atoms with Crippen molar-refractivity contribution in [3.8, 4) is 11.8 Å². The lowest BCUT2D eigenvalue weighted by Crippen LogP contribution is -2.09. The molecule has 0 spiro atoms. The molecule has 0 amide bonds. The van der Waals surface area contributed by atoms with E-state index in [1.165, 1.54) is 12.1 Å². The quantitative estimate of drug-likeness (QED) is 0.629. The van der Waals surface area contributed by atoms with Gasteiger partial charge in [0.2, 0.25) is 0 Å². The van der Waals surface area contributed by atoms with Gasteiger partial charge in [-0.15, -0.1) is 0 Å². The van der Waals surface area contributed by atoms with Gasteiger partial charge in [0, 0.05) is 22.7 Å². The maximum atomic E-state index is 12.9. The lowest BCUT2D eigenvalue weighted by molar-refractivity contribution is -0.0506. The molecule has 0 bridgehead atoms. The monoisotopic (exact) mass is 404 g/mol. The van der Waals surface area contributed by atoms with Gasteiger partial charge in [-0.1, -0.05) is 11.6 Å². The van der Waals surface area contributed by atoms with Gasteiger partial charge in [-0.25, -0.2) is 4.98 Å². The van der Waals surface area contributed by atoms with Crippen LogP contribution in [-0.2, 0) is 4.74 Å². The van der Waals surface area contributed by atoms with Crippen LogP contribution in [0.1, 0.15) is 41.1 Å². The fourth-order valence-corrected chi connectivity index (χ4v) is 3.84. The molecule has 1 aliphatic carbocycles. The highest BCUT2D eigenvalue weighted by Crippen LogP contribution is 2.48. The van der Waals surface area contributed by atoms with E-state index in [9.17, 15) is 8.78 Å². The Morgan fingerprint density at radius 1 is 1.43 bits per heavy atom. The van der Waals surface area contributed by atoms with E-state index in [0.29, 0.717) is 28.3 Å². The molecule has 3 aromatic rings. The minimum atomic E-state index is -2.96. The van der Waals surface area contributed by atoms with Gasteiger partial charge in [0.15, 0.2) is 5.65 Å². The number of nitriles is 1. The van der Waals surface area contributed by atoms with Crippen LogP contribution in [0.15, 0.2) is 30.6 Å². The third kappa shape index (κ3) is 3.28. The van der Waals surface area contributed by atoms with E-state index in [1.807, 2.05) is 23.6 Å². The van der Waals surface area contributed by atoms with Gasteiger partial charge in [0.25, 0.3) is 0 Å². The second-order valence-corrected chi connectivity index (χ2v) is 6.88. The second-order valence-electron chi connectivity index (χ2n) is 6.45. The molecule has 6 nitrogen and oxygen atoms in total. The number of nitrogens with zero attached hydrogens (tertiary/aromatic N) is 4. The first-order valence-corrected chi connectivity index (χ1v) is 8.93. The third-order valence-electron chi connectivity index (χ3n) is 4.70. The Labute approximate surface area is 164 Å². The number of aryl methyl sites for hydroxylation is 1. The summed E-state index contributed by atoms with van der Waals surface area (Å²) in [5.41, 5.74) is 3.38. The average molecular weight is 405 g/mol. The molecule has 144 valence electrons. The predicted octanol–water partition coefficient (Wildman–Crippen LogP) is 4.41. The Bertz CT molecular complexity index is 1080. The molecule has 0 N–H and O–H groups in total. The molecule has 0 fully saturated rings. The molecular weight excluding hydrogens is 390 g/mol. The highest BCUT2D eigenvalue weighted by molar-refractivity contribution is 6.30. The third-order valence-corrected chi connectivity index (χ3v) is 4.94. The first kappa shape index (κ1) is 18.6. The summed E-state index contributed by atoms with van der Waals surface area (Å²) in [5, 5.41) is 9.29. The lowest BCUT2D eigenvalue weighted by Gasteiger charge is -2.18. The maximum absolute atomic E-state index is 12.9. The molecule has 0 saturated heterocycles. The van der Waals surface area contributed by atoms with Crippen LogP contribution >= 0.6 is 11.6 Å². The summed E-state index contributed by atoms with van der Waals surface area (Å²) in [6.45, 7) is -1.21. The van der Waals surface area contributed by atoms with E-state index in [0.717, 1.165) is 11.4 Å². The molecule has 1 aliphatic rings. The first-order chi connectivity index (χ1) is 13.5. The Morgan fingerprint density at radius 2 is 2.25 bits per heavy atom. The molecule has 1 aromatic carbocycles. The highest BCUT2D eigenvalue weighted by Gasteiger charge is 2.39. The van der Waals surface area contributed by atoms with Crippen molar-refractivity contribution in [3.05, 3.63) is 58.3 Å². The minimum Gasteiger partial charge on any atom is -0.435 e. The predicted molar refractivity (Wildman–Crippen MR) is 96.6 cm³/mol. The van der Waals surface area contributed by atoms with Crippen molar-refractivity contribution in [2.45, 2.75) is 32.0 Å². The van der Waals surface area contributed by atoms with Gasteiger partial charge in [0.05, 0.1) is 29.3 Å². The van der Waals surface area contributed by atoms with Crippen molar-refractivity contribution in [2.75, 3.05) is 6.61 Å². The van der Waals surface area contributed by atoms with Gasteiger partial charge < -0.3 is 9.47 Å². The molecule has 2 atom stereocenters. The Kier molecular flexibility index (Phi) is 4.87. The van der Waals surface area contributed by atoms with Crippen LogP contribution in [0.25, 0.3) is 5.65 Å². The van der Waals surface area contributed by atoms with Gasteiger partial charge in [-0.05, 0) is 31.5 Å². The number of alkyl halides is 2. The number of hydrogen-bond donors (Lipinski definition) is 0. The number of hydrogen-bond acceptors (Lipinski definition) is 5. The van der Waals surface area contributed by atoms with Crippen LogP contribution in [0, 0.1) is 18.3 Å². The number of rotatable bonds is 5. The lowest BCUT2D eigenvalue weighted by atomic mass is 9.95. The Morgan fingerprint density at radius 3 is 3.00 bits per heavy atom. The summed E-state index contributed by atoms with van der Waals surface area (Å²) in [4.78, 5) is 8.86. The SMILES string of the molecule is Cc1cn2c3c(nc2cn1)[C@@H](OCC#N)C[C@H]3c1cc(Cl)ccc1OC(F)F. The van der Waals surface area contributed by atoms with Gasteiger partial charge >= 0.3 is 6.61 Å². The molecule has 0 unspecified atom stereocenters. The number of benzene rings is 1. The van der Waals surface area contributed by atoms with E-state index >= 15 is 0 Å². The van der Waals surface area contributed by atoms with E-state index in [2.05, 4.69) is 9.97 Å². The summed E-state index contributed by atoms with van der Waals surface area (Å²) < 4.78 is 38.1. The summed E-state index contributed by atoms with van der Waals surface area (Å²) in [7, 11) is 0. The minimum absolute atomic E-state index is 0.0528. The van der Waals surface area contributed by atoms with E-state index in [4.69, 9.17) is 26.3 Å². The molecule has 28 heavy (non-hydrogen) atoms. The molecule has 4 rings (SSSR count). The molecule has 0 aliphatic heterocycles. The van der Waals surface area contributed by atoms with Crippen LogP contribution in [0.4, 0.5) is 8.78 Å². The molecular formula is C19H15ClF2N4O2. The van der Waals surface area contributed by atoms with E-state index in [1.54, 1.807) is 12.3 Å². The van der Waals surface area contributed by atoms with Crippen LogP contribution in [-0.4, -0.2) is 27.6 Å². The smallest absolute Gasteiger partial charge is 0.387 e. The first-order valence-electron chi connectivity index (χ1n) is 8.55. The molecule has 0 saturated carbocycles. The number of fused-ring (bicyclic) bond motifs is 3. The van der Waals surface area contributed by atoms with Crippen LogP contribution in [0.5, 0.6) is 5.75 Å². The summed E-state index contributed by atoms with van der Waals surface area (Å²) in [6, 6.07) is 6.51. The fraction of sp³-hybridized carbons (Fsp3) is 0.316. The summed E-state index contributed by atoms with van der Waals surface area (Å²) >= 11 is 6.15.